The maximum absolute atomic E-state index is 11.9. The number of carbonyl (C=O) groups excluding carboxylic acids is 1. The minimum absolute atomic E-state index is 0.0255. The van der Waals surface area contributed by atoms with Crippen LogP contribution in [0.3, 0.4) is 0 Å². The van der Waals surface area contributed by atoms with Gasteiger partial charge in [-0.15, -0.1) is 0 Å². The smallest absolute Gasteiger partial charge is 0.354 e. The second kappa shape index (κ2) is 4.36. The average Bonchev–Trinajstić information content (AvgIpc) is 2.85. The second-order valence-corrected chi connectivity index (χ2v) is 3.81. The predicted octanol–water partition coefficient (Wildman–Crippen LogP) is 0.709. The molecule has 0 spiro atoms. The van der Waals surface area contributed by atoms with E-state index in [4.69, 9.17) is 5.11 Å². The molecule has 0 saturated heterocycles. The molecule has 7 heteroatoms. The summed E-state index contributed by atoms with van der Waals surface area (Å²) in [6.07, 6.45) is 4.70. The SMILES string of the molecule is Cn1ccnc1C(=O)Nc1ccn(C)c1C(=O)O. The number of imidazole rings is 1. The van der Waals surface area contributed by atoms with Crippen LogP contribution in [-0.2, 0) is 14.1 Å². The highest BCUT2D eigenvalue weighted by Gasteiger charge is 2.18. The van der Waals surface area contributed by atoms with E-state index >= 15 is 0 Å². The third-order valence-electron chi connectivity index (χ3n) is 2.55. The number of nitrogens with zero attached hydrogens (tertiary/aromatic N) is 3. The zero-order valence-electron chi connectivity index (χ0n) is 9.91. The van der Waals surface area contributed by atoms with E-state index in [-0.39, 0.29) is 17.2 Å². The molecule has 0 aliphatic carbocycles. The van der Waals surface area contributed by atoms with Gasteiger partial charge >= 0.3 is 5.97 Å². The monoisotopic (exact) mass is 248 g/mol. The molecule has 94 valence electrons. The van der Waals surface area contributed by atoms with Crippen molar-refractivity contribution >= 4 is 17.6 Å². The van der Waals surface area contributed by atoms with Crippen LogP contribution in [-0.4, -0.2) is 31.1 Å². The number of rotatable bonds is 3. The van der Waals surface area contributed by atoms with Crippen molar-refractivity contribution in [2.45, 2.75) is 0 Å². The molecule has 1 amide bonds. The molecule has 18 heavy (non-hydrogen) atoms. The molecule has 2 heterocycles. The van der Waals surface area contributed by atoms with Gasteiger partial charge in [0.1, 0.15) is 0 Å². The molecule has 7 nitrogen and oxygen atoms in total. The Kier molecular flexibility index (Phi) is 2.88. The molecule has 2 N–H and O–H groups in total. The van der Waals surface area contributed by atoms with Gasteiger partial charge in [0.15, 0.2) is 11.5 Å². The molecule has 0 saturated carbocycles. The van der Waals surface area contributed by atoms with Crippen molar-refractivity contribution in [2.24, 2.45) is 14.1 Å². The summed E-state index contributed by atoms with van der Waals surface area (Å²) < 4.78 is 2.98. The zero-order valence-corrected chi connectivity index (χ0v) is 9.91. The molecule has 0 bridgehead atoms. The van der Waals surface area contributed by atoms with Gasteiger partial charge in [0.2, 0.25) is 0 Å². The number of carbonyl (C=O) groups is 2. The molecule has 0 unspecified atom stereocenters. The van der Waals surface area contributed by atoms with E-state index in [0.29, 0.717) is 0 Å². The summed E-state index contributed by atoms with van der Waals surface area (Å²) in [6.45, 7) is 0. The van der Waals surface area contributed by atoms with Gasteiger partial charge in [0.25, 0.3) is 5.91 Å². The van der Waals surface area contributed by atoms with Crippen LogP contribution in [0.2, 0.25) is 0 Å². The normalized spacial score (nSPS) is 10.3. The number of amides is 1. The summed E-state index contributed by atoms with van der Waals surface area (Å²) in [5.41, 5.74) is 0.274. The van der Waals surface area contributed by atoms with Crippen molar-refractivity contribution in [3.63, 3.8) is 0 Å². The highest BCUT2D eigenvalue weighted by molar-refractivity contribution is 6.05. The summed E-state index contributed by atoms with van der Waals surface area (Å²) in [6, 6.07) is 1.53. The van der Waals surface area contributed by atoms with Crippen molar-refractivity contribution in [2.75, 3.05) is 5.32 Å². The van der Waals surface area contributed by atoms with Crippen LogP contribution in [0, 0.1) is 0 Å². The van der Waals surface area contributed by atoms with Crippen LogP contribution in [0.1, 0.15) is 21.1 Å². The van der Waals surface area contributed by atoms with E-state index < -0.39 is 11.9 Å². The Hall–Kier alpha value is -2.57. The first-order valence-corrected chi connectivity index (χ1v) is 5.18. The third-order valence-corrected chi connectivity index (χ3v) is 2.55. The maximum Gasteiger partial charge on any atom is 0.354 e. The van der Waals surface area contributed by atoms with Crippen molar-refractivity contribution in [1.29, 1.82) is 0 Å². The number of carboxylic acids is 1. The standard InChI is InChI=1S/C11H12N4O3/c1-14-5-3-7(8(14)11(17)18)13-10(16)9-12-4-6-15(9)2/h3-6H,1-2H3,(H,13,16)(H,17,18). The summed E-state index contributed by atoms with van der Waals surface area (Å²) in [5, 5.41) is 11.6. The van der Waals surface area contributed by atoms with Crippen LogP contribution in [0.15, 0.2) is 24.7 Å². The molecule has 0 aromatic carbocycles. The number of hydrogen-bond donors (Lipinski definition) is 2. The largest absolute Gasteiger partial charge is 0.477 e. The van der Waals surface area contributed by atoms with Gasteiger partial charge in [-0.25, -0.2) is 9.78 Å². The summed E-state index contributed by atoms with van der Waals surface area (Å²) >= 11 is 0. The molecule has 2 aromatic rings. The van der Waals surface area contributed by atoms with E-state index in [9.17, 15) is 9.59 Å². The van der Waals surface area contributed by atoms with Crippen LogP contribution in [0.25, 0.3) is 0 Å². The van der Waals surface area contributed by atoms with Crippen LogP contribution < -0.4 is 5.32 Å². The van der Waals surface area contributed by atoms with E-state index in [0.717, 1.165) is 0 Å². The van der Waals surface area contributed by atoms with Gasteiger partial charge in [0.05, 0.1) is 5.69 Å². The minimum Gasteiger partial charge on any atom is -0.477 e. The number of hydrogen-bond acceptors (Lipinski definition) is 3. The van der Waals surface area contributed by atoms with Gasteiger partial charge in [-0.3, -0.25) is 4.79 Å². The van der Waals surface area contributed by atoms with Gasteiger partial charge in [0, 0.05) is 32.7 Å². The zero-order chi connectivity index (χ0) is 13.3. The van der Waals surface area contributed by atoms with E-state index in [1.807, 2.05) is 0 Å². The number of aromatic carboxylic acids is 1. The highest BCUT2D eigenvalue weighted by atomic mass is 16.4. The Morgan fingerprint density at radius 1 is 1.28 bits per heavy atom. The summed E-state index contributed by atoms with van der Waals surface area (Å²) in [7, 11) is 3.28. The van der Waals surface area contributed by atoms with Gasteiger partial charge in [-0.05, 0) is 6.07 Å². The number of aryl methyl sites for hydroxylation is 2. The first kappa shape index (κ1) is 11.9. The van der Waals surface area contributed by atoms with Crippen LogP contribution in [0.4, 0.5) is 5.69 Å². The minimum atomic E-state index is -1.10. The van der Waals surface area contributed by atoms with E-state index in [1.165, 1.54) is 16.8 Å². The molecule has 0 aliphatic rings. The molecule has 0 fully saturated rings. The molecule has 2 aromatic heterocycles. The molecular weight excluding hydrogens is 236 g/mol. The molecule has 0 radical (unpaired) electrons. The lowest BCUT2D eigenvalue weighted by Gasteiger charge is -2.05. The number of nitrogens with one attached hydrogen (secondary N) is 1. The van der Waals surface area contributed by atoms with Crippen molar-refractivity contribution in [3.05, 3.63) is 36.2 Å². The lowest BCUT2D eigenvalue weighted by molar-refractivity contribution is 0.0688. The Bertz CT molecular complexity index is 612. The quantitative estimate of drug-likeness (QED) is 0.837. The first-order valence-electron chi connectivity index (χ1n) is 5.18. The van der Waals surface area contributed by atoms with Crippen LogP contribution in [0.5, 0.6) is 0 Å². The lowest BCUT2D eigenvalue weighted by atomic mass is 10.3. The van der Waals surface area contributed by atoms with Gasteiger partial charge in [-0.2, -0.15) is 0 Å². The first-order chi connectivity index (χ1) is 8.50. The molecule has 0 atom stereocenters. The van der Waals surface area contributed by atoms with Crippen molar-refractivity contribution in [3.8, 4) is 0 Å². The Morgan fingerprint density at radius 2 is 2.00 bits per heavy atom. The predicted molar refractivity (Wildman–Crippen MR) is 63.5 cm³/mol. The Labute approximate surface area is 103 Å². The Balaban J connectivity index is 2.28. The fourth-order valence-electron chi connectivity index (χ4n) is 1.66. The molecular formula is C11H12N4O3. The van der Waals surface area contributed by atoms with Crippen LogP contribution >= 0.6 is 0 Å². The van der Waals surface area contributed by atoms with Crippen molar-refractivity contribution in [1.82, 2.24) is 14.1 Å². The summed E-state index contributed by atoms with van der Waals surface area (Å²) in [4.78, 5) is 26.8. The van der Waals surface area contributed by atoms with E-state index in [2.05, 4.69) is 10.3 Å². The molecule has 2 rings (SSSR count). The fourth-order valence-corrected chi connectivity index (χ4v) is 1.66. The van der Waals surface area contributed by atoms with Crippen molar-refractivity contribution < 1.29 is 14.7 Å². The Morgan fingerprint density at radius 3 is 2.56 bits per heavy atom. The maximum atomic E-state index is 11.9. The van der Waals surface area contributed by atoms with Gasteiger partial charge in [-0.1, -0.05) is 0 Å². The highest BCUT2D eigenvalue weighted by Crippen LogP contribution is 2.17. The van der Waals surface area contributed by atoms with Gasteiger partial charge < -0.3 is 19.6 Å². The lowest BCUT2D eigenvalue weighted by Crippen LogP contribution is -2.18. The topological polar surface area (TPSA) is 89.2 Å². The third kappa shape index (κ3) is 1.97. The number of aromatic nitrogens is 3. The average molecular weight is 248 g/mol. The fraction of sp³-hybridized carbons (Fsp3) is 0.182. The summed E-state index contributed by atoms with van der Waals surface area (Å²) in [5.74, 6) is -1.33. The number of carboxylic acid groups (broad SMARTS) is 1. The number of anilines is 1. The molecule has 0 aliphatic heterocycles. The van der Waals surface area contributed by atoms with E-state index in [1.54, 1.807) is 31.1 Å². The second-order valence-electron chi connectivity index (χ2n) is 3.81.